The molecule has 1 aromatic carbocycles. The number of carbonyl (C=O) groups excluding carboxylic acids is 1. The van der Waals surface area contributed by atoms with E-state index in [1.165, 1.54) is 24.4 Å². The number of likely N-dealkylation sites (tertiary alicyclic amines) is 1. The van der Waals surface area contributed by atoms with E-state index >= 15 is 0 Å². The Kier molecular flexibility index (Phi) is 7.38. The number of pyridine rings is 1. The quantitative estimate of drug-likeness (QED) is 0.431. The van der Waals surface area contributed by atoms with E-state index in [-0.39, 0.29) is 46.2 Å². The number of aromatic nitrogens is 2. The van der Waals surface area contributed by atoms with Gasteiger partial charge in [0.2, 0.25) is 0 Å². The minimum absolute atomic E-state index is 0.0179. The standard InChI is InChI=1S/C24H22Cl2F3N3O4/c1-31-15(9-14-2-3-16(11-19(14)31)36-24(27,28)29)10-17-18(25)12-30-22(21(17)26)23(35)32-6-4-13(5-7-32)8-20(33)34/h2-3,9,11-13H,4-8,10H2,1H3,(H,33,34). The second kappa shape index (κ2) is 10.2. The molecule has 1 fully saturated rings. The van der Waals surface area contributed by atoms with Gasteiger partial charge in [-0.1, -0.05) is 23.2 Å². The van der Waals surface area contributed by atoms with Gasteiger partial charge in [-0.2, -0.15) is 0 Å². The topological polar surface area (TPSA) is 84.7 Å². The predicted molar refractivity (Wildman–Crippen MR) is 128 cm³/mol. The van der Waals surface area contributed by atoms with Gasteiger partial charge < -0.3 is 19.3 Å². The number of aryl methyl sites for hydroxylation is 1. The van der Waals surface area contributed by atoms with Crippen LogP contribution in [0.1, 0.15) is 41.0 Å². The molecule has 2 aromatic heterocycles. The van der Waals surface area contributed by atoms with Crippen molar-refractivity contribution in [1.82, 2.24) is 14.5 Å². The maximum absolute atomic E-state index is 13.1. The summed E-state index contributed by atoms with van der Waals surface area (Å²) in [6.07, 6.45) is -2.01. The van der Waals surface area contributed by atoms with Crippen molar-refractivity contribution in [3.63, 3.8) is 0 Å². The van der Waals surface area contributed by atoms with Gasteiger partial charge in [-0.05, 0) is 42.5 Å². The average molecular weight is 544 g/mol. The number of alkyl halides is 3. The van der Waals surface area contributed by atoms with Gasteiger partial charge in [0, 0.05) is 56.3 Å². The first-order chi connectivity index (χ1) is 16.9. The number of piperidine rings is 1. The third kappa shape index (κ3) is 5.70. The van der Waals surface area contributed by atoms with Crippen molar-refractivity contribution >= 4 is 46.0 Å². The number of carboxylic acids is 1. The lowest BCUT2D eigenvalue weighted by Crippen LogP contribution is -2.39. The number of amides is 1. The zero-order valence-corrected chi connectivity index (χ0v) is 20.6. The van der Waals surface area contributed by atoms with Crippen molar-refractivity contribution in [2.24, 2.45) is 13.0 Å². The fraction of sp³-hybridized carbons (Fsp3) is 0.375. The molecule has 1 saturated heterocycles. The van der Waals surface area contributed by atoms with Crippen LogP contribution in [0.15, 0.2) is 30.5 Å². The van der Waals surface area contributed by atoms with Gasteiger partial charge in [-0.25, -0.2) is 4.98 Å². The molecular formula is C24H22Cl2F3N3O4. The zero-order valence-electron chi connectivity index (χ0n) is 19.1. The number of hydrogen-bond acceptors (Lipinski definition) is 4. The molecule has 0 saturated carbocycles. The number of rotatable bonds is 6. The number of benzene rings is 1. The van der Waals surface area contributed by atoms with E-state index in [0.717, 1.165) is 0 Å². The van der Waals surface area contributed by atoms with Gasteiger partial charge in [0.15, 0.2) is 0 Å². The molecule has 1 aliphatic rings. The molecule has 12 heteroatoms. The lowest BCUT2D eigenvalue weighted by Gasteiger charge is -2.31. The van der Waals surface area contributed by atoms with E-state index in [1.54, 1.807) is 22.6 Å². The highest BCUT2D eigenvalue weighted by molar-refractivity contribution is 6.37. The maximum Gasteiger partial charge on any atom is 0.573 e. The number of nitrogens with zero attached hydrogens (tertiary/aromatic N) is 3. The van der Waals surface area contributed by atoms with Crippen LogP contribution in [-0.2, 0) is 18.3 Å². The Morgan fingerprint density at radius 2 is 1.89 bits per heavy atom. The number of aliphatic carboxylic acids is 1. The molecule has 0 aliphatic carbocycles. The predicted octanol–water partition coefficient (Wildman–Crippen LogP) is 5.70. The van der Waals surface area contributed by atoms with E-state index in [4.69, 9.17) is 28.3 Å². The van der Waals surface area contributed by atoms with Gasteiger partial charge in [-0.15, -0.1) is 13.2 Å². The summed E-state index contributed by atoms with van der Waals surface area (Å²) in [5.74, 6) is -1.53. The summed E-state index contributed by atoms with van der Waals surface area (Å²) in [4.78, 5) is 29.8. The van der Waals surface area contributed by atoms with Gasteiger partial charge in [0.25, 0.3) is 5.91 Å². The van der Waals surface area contributed by atoms with Gasteiger partial charge in [0.05, 0.1) is 15.6 Å². The fourth-order valence-electron chi connectivity index (χ4n) is 4.47. The molecule has 0 spiro atoms. The minimum Gasteiger partial charge on any atom is -0.481 e. The molecule has 3 aromatic rings. The second-order valence-electron chi connectivity index (χ2n) is 8.72. The van der Waals surface area contributed by atoms with Crippen LogP contribution >= 0.6 is 23.2 Å². The SMILES string of the molecule is Cn1c(Cc2c(Cl)cnc(C(=O)N3CCC(CC(=O)O)CC3)c2Cl)cc2ccc(OC(F)(F)F)cc21. The van der Waals surface area contributed by atoms with Crippen molar-refractivity contribution < 1.29 is 32.6 Å². The molecule has 1 amide bonds. The molecule has 3 heterocycles. The smallest absolute Gasteiger partial charge is 0.481 e. The molecule has 0 atom stereocenters. The first-order valence-electron chi connectivity index (χ1n) is 11.1. The van der Waals surface area contributed by atoms with Crippen LogP contribution in [0, 0.1) is 5.92 Å². The normalized spacial score (nSPS) is 14.9. The zero-order chi connectivity index (χ0) is 26.2. The molecule has 0 unspecified atom stereocenters. The first-order valence-corrected chi connectivity index (χ1v) is 11.9. The van der Waals surface area contributed by atoms with Gasteiger partial charge in [0.1, 0.15) is 11.4 Å². The molecule has 4 rings (SSSR count). The van der Waals surface area contributed by atoms with Gasteiger partial charge >= 0.3 is 12.3 Å². The Morgan fingerprint density at radius 1 is 1.19 bits per heavy atom. The fourth-order valence-corrected chi connectivity index (χ4v) is 5.02. The minimum atomic E-state index is -4.80. The van der Waals surface area contributed by atoms with Crippen LogP contribution in [-0.4, -0.2) is 50.9 Å². The van der Waals surface area contributed by atoms with E-state index in [0.29, 0.717) is 48.1 Å². The summed E-state index contributed by atoms with van der Waals surface area (Å²) in [7, 11) is 1.70. The van der Waals surface area contributed by atoms with Crippen LogP contribution in [0.3, 0.4) is 0 Å². The summed E-state index contributed by atoms with van der Waals surface area (Å²) in [5.41, 5.74) is 1.74. The third-order valence-electron chi connectivity index (χ3n) is 6.34. The van der Waals surface area contributed by atoms with Crippen molar-refractivity contribution in [1.29, 1.82) is 0 Å². The highest BCUT2D eigenvalue weighted by Crippen LogP contribution is 2.33. The largest absolute Gasteiger partial charge is 0.573 e. The molecule has 1 N–H and O–H groups in total. The second-order valence-corrected chi connectivity index (χ2v) is 9.51. The first kappa shape index (κ1) is 26.1. The molecule has 36 heavy (non-hydrogen) atoms. The van der Waals surface area contributed by atoms with Crippen LogP contribution in [0.25, 0.3) is 10.9 Å². The van der Waals surface area contributed by atoms with Crippen LogP contribution in [0.2, 0.25) is 10.0 Å². The number of halogens is 5. The highest BCUT2D eigenvalue weighted by atomic mass is 35.5. The third-order valence-corrected chi connectivity index (χ3v) is 7.08. The Balaban J connectivity index is 1.57. The molecule has 192 valence electrons. The van der Waals surface area contributed by atoms with Crippen molar-refractivity contribution in [2.75, 3.05) is 13.1 Å². The highest BCUT2D eigenvalue weighted by Gasteiger charge is 2.31. The Hall–Kier alpha value is -2.98. The Labute approximate surface area is 214 Å². The van der Waals surface area contributed by atoms with Crippen molar-refractivity contribution in [3.8, 4) is 5.75 Å². The van der Waals surface area contributed by atoms with Gasteiger partial charge in [-0.3, -0.25) is 9.59 Å². The molecule has 7 nitrogen and oxygen atoms in total. The number of fused-ring (bicyclic) bond motifs is 1. The van der Waals surface area contributed by atoms with E-state index < -0.39 is 12.3 Å². The molecular weight excluding hydrogens is 522 g/mol. The Bertz CT molecular complexity index is 1320. The van der Waals surface area contributed by atoms with Crippen LogP contribution < -0.4 is 4.74 Å². The summed E-state index contributed by atoms with van der Waals surface area (Å²) in [6, 6.07) is 5.86. The lowest BCUT2D eigenvalue weighted by atomic mass is 9.93. The summed E-state index contributed by atoms with van der Waals surface area (Å²) in [6.45, 7) is 0.802. The summed E-state index contributed by atoms with van der Waals surface area (Å²) < 4.78 is 43.6. The van der Waals surface area contributed by atoms with Crippen molar-refractivity contribution in [3.05, 3.63) is 57.5 Å². The maximum atomic E-state index is 13.1. The number of hydrogen-bond donors (Lipinski definition) is 1. The summed E-state index contributed by atoms with van der Waals surface area (Å²) >= 11 is 13.0. The lowest BCUT2D eigenvalue weighted by molar-refractivity contribution is -0.274. The van der Waals surface area contributed by atoms with Crippen molar-refractivity contribution in [2.45, 2.75) is 32.0 Å². The molecule has 0 bridgehead atoms. The van der Waals surface area contributed by atoms with Crippen LogP contribution in [0.5, 0.6) is 5.75 Å². The number of carboxylic acid groups (broad SMARTS) is 1. The monoisotopic (exact) mass is 543 g/mol. The summed E-state index contributed by atoms with van der Waals surface area (Å²) in [5, 5.41) is 10.0. The van der Waals surface area contributed by atoms with E-state index in [1.807, 2.05) is 0 Å². The van der Waals surface area contributed by atoms with E-state index in [9.17, 15) is 22.8 Å². The number of ether oxygens (including phenoxy) is 1. The van der Waals surface area contributed by atoms with E-state index in [2.05, 4.69) is 9.72 Å². The molecule has 1 aliphatic heterocycles. The Morgan fingerprint density at radius 3 is 2.53 bits per heavy atom. The van der Waals surface area contributed by atoms with Crippen LogP contribution in [0.4, 0.5) is 13.2 Å². The number of carbonyl (C=O) groups is 2. The molecule has 0 radical (unpaired) electrons. The average Bonchev–Trinajstić information content (AvgIpc) is 3.10.